The maximum Gasteiger partial charge on any atom is 0.335 e. The van der Waals surface area contributed by atoms with Crippen molar-refractivity contribution in [2.75, 3.05) is 39.8 Å². The summed E-state index contributed by atoms with van der Waals surface area (Å²) in [7, 11) is 2.15. The molecule has 1 fully saturated rings. The van der Waals surface area contributed by atoms with Gasteiger partial charge >= 0.3 is 5.97 Å². The molecule has 0 saturated carbocycles. The molecule has 8 nitrogen and oxygen atoms in total. The van der Waals surface area contributed by atoms with Gasteiger partial charge in [-0.3, -0.25) is 4.57 Å². The summed E-state index contributed by atoms with van der Waals surface area (Å²) >= 11 is 7.99. The average Bonchev–Trinajstić information content (AvgIpc) is 3.49. The van der Waals surface area contributed by atoms with Crippen LogP contribution in [0.15, 0.2) is 54.9 Å². The molecule has 2 aromatic carbocycles. The summed E-state index contributed by atoms with van der Waals surface area (Å²) in [6.07, 6.45) is 2.39. The minimum Gasteiger partial charge on any atom is -0.493 e. The summed E-state index contributed by atoms with van der Waals surface area (Å²) in [6, 6.07) is 14.7. The quantitative estimate of drug-likeness (QED) is 0.409. The zero-order valence-electron chi connectivity index (χ0n) is 19.8. The number of aromatic nitrogens is 3. The molecule has 2 aliphatic heterocycles. The number of halogens is 1. The molecular weight excluding hydrogens is 498 g/mol. The van der Waals surface area contributed by atoms with Crippen molar-refractivity contribution < 1.29 is 14.6 Å². The topological polar surface area (TPSA) is 92.5 Å². The Hall–Kier alpha value is -3.24. The van der Waals surface area contributed by atoms with Gasteiger partial charge in [0.25, 0.3) is 0 Å². The summed E-state index contributed by atoms with van der Waals surface area (Å²) < 4.78 is 7.65. The van der Waals surface area contributed by atoms with Gasteiger partial charge in [-0.05, 0) is 49.0 Å². The first-order valence-corrected chi connectivity index (χ1v) is 12.9. The number of rotatable bonds is 3. The molecule has 0 spiro atoms. The summed E-state index contributed by atoms with van der Waals surface area (Å²) in [6.45, 7) is 5.36. The van der Waals surface area contributed by atoms with E-state index in [4.69, 9.17) is 21.4 Å². The Kier molecular flexibility index (Phi) is 7.33. The predicted molar refractivity (Wildman–Crippen MR) is 142 cm³/mol. The number of aromatic carboxylic acids is 1. The lowest BCUT2D eigenvalue weighted by molar-refractivity contribution is 0.0697. The Labute approximate surface area is 218 Å². The Morgan fingerprint density at radius 3 is 2.69 bits per heavy atom. The van der Waals surface area contributed by atoms with Crippen LogP contribution in [-0.2, 0) is 6.42 Å². The molecule has 0 radical (unpaired) electrons. The van der Waals surface area contributed by atoms with Crippen LogP contribution < -0.4 is 10.1 Å². The van der Waals surface area contributed by atoms with Gasteiger partial charge in [-0.2, -0.15) is 0 Å². The minimum atomic E-state index is -1.02. The molecule has 2 aliphatic rings. The largest absolute Gasteiger partial charge is 0.493 e. The Balaban J connectivity index is 0.000000330. The number of piperazine rings is 1. The third kappa shape index (κ3) is 5.15. The molecule has 10 heteroatoms. The van der Waals surface area contributed by atoms with E-state index in [2.05, 4.69) is 39.6 Å². The van der Waals surface area contributed by atoms with Crippen LogP contribution in [0.3, 0.4) is 0 Å². The van der Waals surface area contributed by atoms with E-state index >= 15 is 0 Å². The van der Waals surface area contributed by atoms with Crippen molar-refractivity contribution in [2.24, 2.45) is 0 Å². The van der Waals surface area contributed by atoms with Crippen LogP contribution in [0, 0.1) is 0 Å². The normalized spacial score (nSPS) is 15.1. The predicted octanol–water partition coefficient (Wildman–Crippen LogP) is 4.47. The highest BCUT2D eigenvalue weighted by Crippen LogP contribution is 2.43. The van der Waals surface area contributed by atoms with E-state index in [0.29, 0.717) is 23.1 Å². The van der Waals surface area contributed by atoms with E-state index in [0.717, 1.165) is 40.6 Å². The summed E-state index contributed by atoms with van der Waals surface area (Å²) in [5.74, 6) is 0.519. The second-order valence-corrected chi connectivity index (χ2v) is 10.1. The lowest BCUT2D eigenvalue weighted by Crippen LogP contribution is -2.40. The van der Waals surface area contributed by atoms with Gasteiger partial charge in [-0.1, -0.05) is 23.7 Å². The number of hydrogen-bond donors (Lipinski definition) is 2. The van der Waals surface area contributed by atoms with Crippen LogP contribution >= 0.6 is 22.9 Å². The average molecular weight is 524 g/mol. The van der Waals surface area contributed by atoms with Crippen molar-refractivity contribution >= 4 is 28.9 Å². The second kappa shape index (κ2) is 10.8. The van der Waals surface area contributed by atoms with Gasteiger partial charge in [0.2, 0.25) is 0 Å². The third-order valence-electron chi connectivity index (χ3n) is 6.13. The zero-order chi connectivity index (χ0) is 25.1. The number of carbonyl (C=O) groups is 1. The molecule has 0 bridgehead atoms. The van der Waals surface area contributed by atoms with Crippen molar-refractivity contribution in [1.29, 1.82) is 0 Å². The number of nitrogens with one attached hydrogen (secondary N) is 1. The number of para-hydroxylation sites is 1. The molecule has 186 valence electrons. The molecule has 0 amide bonds. The first kappa shape index (κ1) is 24.5. The summed E-state index contributed by atoms with van der Waals surface area (Å²) in [5.41, 5.74) is 3.04. The van der Waals surface area contributed by atoms with E-state index in [-0.39, 0.29) is 5.56 Å². The van der Waals surface area contributed by atoms with E-state index in [1.54, 1.807) is 28.3 Å². The van der Waals surface area contributed by atoms with E-state index in [1.165, 1.54) is 30.8 Å². The van der Waals surface area contributed by atoms with Crippen molar-refractivity contribution in [2.45, 2.75) is 6.42 Å². The number of likely N-dealkylation sites (N-methyl/N-ethyl adjacent to an activating group) is 1. The van der Waals surface area contributed by atoms with Crippen molar-refractivity contribution in [3.8, 4) is 32.6 Å². The van der Waals surface area contributed by atoms with Crippen molar-refractivity contribution in [3.05, 3.63) is 71.0 Å². The number of thiophene rings is 1. The molecule has 2 N–H and O–H groups in total. The number of fused-ring (bicyclic) bond motifs is 3. The van der Waals surface area contributed by atoms with Crippen LogP contribution in [0.1, 0.15) is 15.9 Å². The highest BCUT2D eigenvalue weighted by molar-refractivity contribution is 7.19. The molecule has 4 aromatic rings. The van der Waals surface area contributed by atoms with Gasteiger partial charge in [0.15, 0.2) is 5.82 Å². The van der Waals surface area contributed by atoms with Crippen molar-refractivity contribution in [1.82, 2.24) is 25.0 Å². The van der Waals surface area contributed by atoms with Gasteiger partial charge in [0.05, 0.1) is 27.8 Å². The Morgan fingerprint density at radius 1 is 1.17 bits per heavy atom. The maximum absolute atomic E-state index is 11.2. The van der Waals surface area contributed by atoms with Gasteiger partial charge in [-0.15, -0.1) is 21.5 Å². The van der Waals surface area contributed by atoms with E-state index in [9.17, 15) is 4.79 Å². The lowest BCUT2D eigenvalue weighted by atomic mass is 10.1. The lowest BCUT2D eigenvalue weighted by Gasteiger charge is -2.21. The number of benzene rings is 2. The molecule has 0 aliphatic carbocycles. The van der Waals surface area contributed by atoms with Gasteiger partial charge in [-0.25, -0.2) is 4.79 Å². The maximum atomic E-state index is 11.2. The van der Waals surface area contributed by atoms with Gasteiger partial charge in [0, 0.05) is 43.0 Å². The summed E-state index contributed by atoms with van der Waals surface area (Å²) in [5, 5.41) is 21.1. The molecule has 4 heterocycles. The first-order chi connectivity index (χ1) is 17.5. The smallest absolute Gasteiger partial charge is 0.335 e. The molecule has 6 rings (SSSR count). The van der Waals surface area contributed by atoms with Crippen LogP contribution in [0.25, 0.3) is 26.8 Å². The Bertz CT molecular complexity index is 1380. The number of carboxylic acids is 1. The second-order valence-electron chi connectivity index (χ2n) is 8.61. The number of nitrogens with zero attached hydrogens (tertiary/aromatic N) is 4. The standard InChI is InChI=1S/C21H14ClN3O3S.C5H12N2/c22-15-9-13(21(26)27)5-6-16(15)25-11-23-24-20(25)18-10-12-7-8-28-17-4-2-1-3-14(17)19(12)29-18;1-7-4-2-6-3-5-7/h1-6,9-11H,7-8H2,(H,26,27);6H,2-5H2,1H3. The minimum absolute atomic E-state index is 0.132. The van der Waals surface area contributed by atoms with E-state index < -0.39 is 5.97 Å². The van der Waals surface area contributed by atoms with Crippen LogP contribution in [-0.4, -0.2) is 70.6 Å². The van der Waals surface area contributed by atoms with Crippen LogP contribution in [0.4, 0.5) is 0 Å². The first-order valence-electron chi connectivity index (χ1n) is 11.7. The fourth-order valence-corrected chi connectivity index (χ4v) is 5.69. The third-order valence-corrected chi connectivity index (χ3v) is 7.64. The molecule has 0 atom stereocenters. The highest BCUT2D eigenvalue weighted by atomic mass is 35.5. The zero-order valence-corrected chi connectivity index (χ0v) is 21.3. The molecule has 1 saturated heterocycles. The van der Waals surface area contributed by atoms with Crippen molar-refractivity contribution in [3.63, 3.8) is 0 Å². The van der Waals surface area contributed by atoms with Crippen LogP contribution in [0.2, 0.25) is 5.02 Å². The molecule has 2 aromatic heterocycles. The van der Waals surface area contributed by atoms with E-state index in [1.807, 2.05) is 18.2 Å². The number of ether oxygens (including phenoxy) is 1. The monoisotopic (exact) mass is 523 g/mol. The highest BCUT2D eigenvalue weighted by Gasteiger charge is 2.22. The van der Waals surface area contributed by atoms with Gasteiger partial charge in [0.1, 0.15) is 12.1 Å². The number of carboxylic acid groups (broad SMARTS) is 1. The molecule has 0 unspecified atom stereocenters. The fraction of sp³-hybridized carbons (Fsp3) is 0.269. The fourth-order valence-electron chi connectivity index (χ4n) is 4.19. The number of hydrogen-bond acceptors (Lipinski definition) is 7. The Morgan fingerprint density at radius 2 is 1.97 bits per heavy atom. The van der Waals surface area contributed by atoms with Gasteiger partial charge < -0.3 is 20.1 Å². The van der Waals surface area contributed by atoms with Crippen LogP contribution in [0.5, 0.6) is 5.75 Å². The SMILES string of the molecule is CN1CCNCC1.O=C(O)c1ccc(-n2cnnc2-c2cc3c(s2)-c2ccccc2OCC3)c(Cl)c1. The molecular formula is C26H26ClN5O3S. The molecule has 36 heavy (non-hydrogen) atoms. The summed E-state index contributed by atoms with van der Waals surface area (Å²) in [4.78, 5) is 15.6.